The summed E-state index contributed by atoms with van der Waals surface area (Å²) in [6, 6.07) is 0. The summed E-state index contributed by atoms with van der Waals surface area (Å²) >= 11 is 1.96. The first-order valence-electron chi connectivity index (χ1n) is 10.0. The third-order valence-electron chi connectivity index (χ3n) is 6.70. The quantitative estimate of drug-likeness (QED) is 0.297. The van der Waals surface area contributed by atoms with E-state index in [-0.39, 0.29) is 5.97 Å². The van der Waals surface area contributed by atoms with E-state index in [2.05, 4.69) is 13.5 Å². The van der Waals surface area contributed by atoms with Gasteiger partial charge in [0.25, 0.3) is 0 Å². The molecule has 4 saturated carbocycles. The number of ether oxygens (including phenoxy) is 2. The summed E-state index contributed by atoms with van der Waals surface area (Å²) in [7, 11) is 0. The Morgan fingerprint density at radius 2 is 1.76 bits per heavy atom. The van der Waals surface area contributed by atoms with E-state index in [1.165, 1.54) is 56.8 Å². The highest BCUT2D eigenvalue weighted by molar-refractivity contribution is 7.99. The number of hydrogen-bond acceptors (Lipinski definition) is 4. The second kappa shape index (κ2) is 8.47. The van der Waals surface area contributed by atoms with Gasteiger partial charge in [0.05, 0.1) is 13.2 Å². The zero-order valence-electron chi connectivity index (χ0n) is 15.8. The van der Waals surface area contributed by atoms with Gasteiger partial charge in [-0.3, -0.25) is 0 Å². The molecule has 0 heterocycles. The fourth-order valence-electron chi connectivity index (χ4n) is 6.31. The highest BCUT2D eigenvalue weighted by Crippen LogP contribution is 2.67. The van der Waals surface area contributed by atoms with Gasteiger partial charge in [-0.1, -0.05) is 13.5 Å². The lowest BCUT2D eigenvalue weighted by Crippen LogP contribution is -2.52. The molecular formula is C21H34O3S. The normalized spacial score (nSPS) is 35.7. The van der Waals surface area contributed by atoms with Gasteiger partial charge in [-0.15, -0.1) is 0 Å². The Bertz CT molecular complexity index is 462. The molecule has 0 saturated heterocycles. The molecule has 0 spiro atoms. The molecule has 3 nitrogen and oxygen atoms in total. The first-order valence-corrected chi connectivity index (χ1v) is 11.2. The van der Waals surface area contributed by atoms with Crippen LogP contribution >= 0.6 is 11.8 Å². The van der Waals surface area contributed by atoms with Crippen molar-refractivity contribution in [1.29, 1.82) is 0 Å². The topological polar surface area (TPSA) is 35.5 Å². The average molecular weight is 367 g/mol. The van der Waals surface area contributed by atoms with Crippen LogP contribution in [0.1, 0.15) is 58.3 Å². The van der Waals surface area contributed by atoms with E-state index >= 15 is 0 Å². The van der Waals surface area contributed by atoms with Crippen LogP contribution in [0.2, 0.25) is 0 Å². The number of hydrogen-bond donors (Lipinski definition) is 0. The Balaban J connectivity index is 1.51. The Kier molecular flexibility index (Phi) is 6.54. The van der Waals surface area contributed by atoms with E-state index in [1.807, 2.05) is 11.8 Å². The Labute approximate surface area is 157 Å². The number of carbonyl (C=O) groups excluding carboxylic acids is 1. The Morgan fingerprint density at radius 1 is 1.12 bits per heavy atom. The third kappa shape index (κ3) is 4.82. The lowest BCUT2D eigenvalue weighted by atomic mass is 9.43. The number of carbonyl (C=O) groups is 1. The first-order chi connectivity index (χ1) is 12.1. The molecule has 25 heavy (non-hydrogen) atoms. The van der Waals surface area contributed by atoms with Crippen molar-refractivity contribution < 1.29 is 14.3 Å². The maximum Gasteiger partial charge on any atom is 0.330 e. The van der Waals surface area contributed by atoms with Crippen molar-refractivity contribution in [3.8, 4) is 0 Å². The molecule has 0 aliphatic heterocycles. The van der Waals surface area contributed by atoms with Crippen molar-refractivity contribution in [3.63, 3.8) is 0 Å². The number of esters is 1. The Hall–Kier alpha value is -0.480. The standard InChI is InChI=1S/C21H34O3S/c1-3-19(22)24-8-6-21-14-17-11-18(15-21)13-20(12-17,16-21)5-7-23-9-10-25-4-2/h3,17-18H,1,4-16H2,2H3. The number of thioether (sulfide) groups is 1. The molecule has 4 rings (SSSR count). The van der Waals surface area contributed by atoms with Crippen molar-refractivity contribution in [2.75, 3.05) is 31.3 Å². The summed E-state index contributed by atoms with van der Waals surface area (Å²) in [5, 5.41) is 0. The van der Waals surface area contributed by atoms with E-state index in [0.29, 0.717) is 17.4 Å². The molecule has 0 aromatic heterocycles. The fraction of sp³-hybridized carbons (Fsp3) is 0.857. The van der Waals surface area contributed by atoms with Crippen molar-refractivity contribution in [2.24, 2.45) is 22.7 Å². The minimum absolute atomic E-state index is 0.280. The van der Waals surface area contributed by atoms with Crippen LogP contribution in [-0.2, 0) is 14.3 Å². The molecule has 4 heteroatoms. The summed E-state index contributed by atoms with van der Waals surface area (Å²) in [6.45, 7) is 8.06. The molecular weight excluding hydrogens is 332 g/mol. The SMILES string of the molecule is C=CC(=O)OCCC12CC3CC(CC(CCOCCSCC)(C3)C1)C2. The van der Waals surface area contributed by atoms with Crippen molar-refractivity contribution in [2.45, 2.75) is 58.3 Å². The zero-order chi connectivity index (χ0) is 17.8. The van der Waals surface area contributed by atoms with Gasteiger partial charge in [0.1, 0.15) is 0 Å². The lowest BCUT2D eigenvalue weighted by Gasteiger charge is -2.62. The van der Waals surface area contributed by atoms with E-state index in [4.69, 9.17) is 9.47 Å². The molecule has 4 aliphatic carbocycles. The van der Waals surface area contributed by atoms with Crippen LogP contribution in [0.5, 0.6) is 0 Å². The maximum atomic E-state index is 11.4. The van der Waals surface area contributed by atoms with E-state index in [0.717, 1.165) is 37.2 Å². The average Bonchev–Trinajstić information content (AvgIpc) is 2.56. The summed E-state index contributed by atoms with van der Waals surface area (Å²) in [5.74, 6) is 3.81. The van der Waals surface area contributed by atoms with Crippen LogP contribution in [0.4, 0.5) is 0 Å². The van der Waals surface area contributed by atoms with Crippen LogP contribution in [0, 0.1) is 22.7 Å². The molecule has 4 aliphatic rings. The van der Waals surface area contributed by atoms with Crippen LogP contribution in [-0.4, -0.2) is 37.3 Å². The second-order valence-electron chi connectivity index (χ2n) is 8.64. The fourth-order valence-corrected chi connectivity index (χ4v) is 6.84. The van der Waals surface area contributed by atoms with Crippen LogP contribution in [0.25, 0.3) is 0 Å². The van der Waals surface area contributed by atoms with Crippen LogP contribution in [0.15, 0.2) is 12.7 Å². The largest absolute Gasteiger partial charge is 0.463 e. The maximum absolute atomic E-state index is 11.4. The van der Waals surface area contributed by atoms with Gasteiger partial charge in [0.2, 0.25) is 0 Å². The smallest absolute Gasteiger partial charge is 0.330 e. The molecule has 0 amide bonds. The highest BCUT2D eigenvalue weighted by Gasteiger charge is 2.56. The van der Waals surface area contributed by atoms with Crippen molar-refractivity contribution in [1.82, 2.24) is 0 Å². The molecule has 0 radical (unpaired) electrons. The zero-order valence-corrected chi connectivity index (χ0v) is 16.6. The van der Waals surface area contributed by atoms with Crippen LogP contribution < -0.4 is 0 Å². The molecule has 142 valence electrons. The number of rotatable bonds is 11. The first kappa shape index (κ1) is 19.3. The van der Waals surface area contributed by atoms with Gasteiger partial charge in [0.15, 0.2) is 0 Å². The van der Waals surface area contributed by atoms with E-state index in [1.54, 1.807) is 0 Å². The predicted molar refractivity (Wildman–Crippen MR) is 104 cm³/mol. The summed E-state index contributed by atoms with van der Waals surface area (Å²) in [4.78, 5) is 11.4. The molecule has 2 unspecified atom stereocenters. The monoisotopic (exact) mass is 366 g/mol. The third-order valence-corrected chi connectivity index (χ3v) is 7.56. The second-order valence-corrected chi connectivity index (χ2v) is 10.0. The molecule has 4 fully saturated rings. The van der Waals surface area contributed by atoms with Gasteiger partial charge in [-0.05, 0) is 79.8 Å². The van der Waals surface area contributed by atoms with Gasteiger partial charge >= 0.3 is 5.97 Å². The minimum Gasteiger partial charge on any atom is -0.463 e. The van der Waals surface area contributed by atoms with E-state index < -0.39 is 0 Å². The van der Waals surface area contributed by atoms with E-state index in [9.17, 15) is 4.79 Å². The van der Waals surface area contributed by atoms with Crippen molar-refractivity contribution >= 4 is 17.7 Å². The highest BCUT2D eigenvalue weighted by atomic mass is 32.2. The summed E-state index contributed by atoms with van der Waals surface area (Å²) in [5.41, 5.74) is 0.925. The molecule has 0 aromatic carbocycles. The minimum atomic E-state index is -0.280. The molecule has 4 bridgehead atoms. The molecule has 2 atom stereocenters. The summed E-state index contributed by atoms with van der Waals surface area (Å²) < 4.78 is 11.2. The van der Waals surface area contributed by atoms with Crippen molar-refractivity contribution in [3.05, 3.63) is 12.7 Å². The summed E-state index contributed by atoms with van der Waals surface area (Å²) in [6.07, 6.45) is 11.8. The van der Waals surface area contributed by atoms with Gasteiger partial charge in [-0.2, -0.15) is 11.8 Å². The molecule has 0 aromatic rings. The Morgan fingerprint density at radius 3 is 2.36 bits per heavy atom. The van der Waals surface area contributed by atoms with Crippen LogP contribution in [0.3, 0.4) is 0 Å². The van der Waals surface area contributed by atoms with Gasteiger partial charge < -0.3 is 9.47 Å². The lowest BCUT2D eigenvalue weighted by molar-refractivity contribution is -0.145. The van der Waals surface area contributed by atoms with Gasteiger partial charge in [0, 0.05) is 18.4 Å². The molecule has 0 N–H and O–H groups in total. The predicted octanol–water partition coefficient (Wildman–Crippen LogP) is 4.85. The van der Waals surface area contributed by atoms with Gasteiger partial charge in [-0.25, -0.2) is 4.79 Å².